The van der Waals surface area contributed by atoms with E-state index in [-0.39, 0.29) is 78.5 Å². The first-order chi connectivity index (χ1) is 36.5. The quantitative estimate of drug-likeness (QED) is 0.102. The summed E-state index contributed by atoms with van der Waals surface area (Å²) in [6.45, 7) is 8.02. The molecule has 2 aromatic rings. The number of fused-ring (bicyclic) bond motifs is 1. The summed E-state index contributed by atoms with van der Waals surface area (Å²) in [6, 6.07) is 7.92. The van der Waals surface area contributed by atoms with Crippen molar-refractivity contribution in [2.75, 3.05) is 84.5 Å². The number of hydrogen-bond acceptors (Lipinski definition) is 12. The van der Waals surface area contributed by atoms with Gasteiger partial charge in [-0.25, -0.2) is 4.98 Å². The van der Waals surface area contributed by atoms with Crippen LogP contribution in [0.25, 0.3) is 0 Å². The highest BCUT2D eigenvalue weighted by molar-refractivity contribution is 5.90. The number of aryl methyl sites for hydroxylation is 2. The maximum absolute atomic E-state index is 13.8. The predicted octanol–water partition coefficient (Wildman–Crippen LogP) is 5.92. The van der Waals surface area contributed by atoms with Crippen molar-refractivity contribution >= 4 is 35.4 Å². The number of piperazine rings is 1. The third-order valence-corrected chi connectivity index (χ3v) is 17.4. The van der Waals surface area contributed by atoms with E-state index in [1.54, 1.807) is 24.3 Å². The third kappa shape index (κ3) is 15.0. The molecular weight excluding hydrogens is 951 g/mol. The van der Waals surface area contributed by atoms with Gasteiger partial charge in [0.1, 0.15) is 5.82 Å². The Labute approximate surface area is 444 Å². The molecule has 2 saturated carbocycles. The topological polar surface area (TPSA) is 199 Å². The minimum absolute atomic E-state index is 0.0132. The van der Waals surface area contributed by atoms with E-state index in [0.29, 0.717) is 51.6 Å². The molecular formula is C58H83N9O8. The van der Waals surface area contributed by atoms with Gasteiger partial charge in [0.2, 0.25) is 23.6 Å². The van der Waals surface area contributed by atoms with Crippen LogP contribution >= 0.6 is 0 Å². The Balaban J connectivity index is 0.611. The highest BCUT2D eigenvalue weighted by atomic mass is 16.5. The summed E-state index contributed by atoms with van der Waals surface area (Å²) in [5, 5.41) is 19.7. The Hall–Kier alpha value is -5.39. The van der Waals surface area contributed by atoms with Gasteiger partial charge in [-0.05, 0) is 150 Å². The van der Waals surface area contributed by atoms with Crippen LogP contribution in [0, 0.1) is 29.6 Å². The summed E-state index contributed by atoms with van der Waals surface area (Å²) in [5.41, 5.74) is 4.49. The number of nitrogens with zero attached hydrogens (tertiary/aromatic N) is 6. The number of hydrogen-bond donors (Lipinski definition) is 4. The Morgan fingerprint density at radius 3 is 2.48 bits per heavy atom. The maximum atomic E-state index is 13.8. The van der Waals surface area contributed by atoms with E-state index in [2.05, 4.69) is 61.1 Å². The number of aromatic nitrogens is 2. The van der Waals surface area contributed by atoms with Crippen molar-refractivity contribution in [3.63, 3.8) is 0 Å². The fourth-order valence-corrected chi connectivity index (χ4v) is 13.0. The van der Waals surface area contributed by atoms with E-state index in [1.165, 1.54) is 5.56 Å². The average molecular weight is 1030 g/mol. The highest BCUT2D eigenvalue weighted by Crippen LogP contribution is 2.37. The van der Waals surface area contributed by atoms with Gasteiger partial charge in [0, 0.05) is 121 Å². The number of pyridine rings is 2. The van der Waals surface area contributed by atoms with Crippen LogP contribution in [0.5, 0.6) is 0 Å². The number of nitrogens with one attached hydrogen (secondary N) is 3. The Morgan fingerprint density at radius 2 is 1.72 bits per heavy atom. The van der Waals surface area contributed by atoms with Gasteiger partial charge in [0.05, 0.1) is 30.8 Å². The number of aliphatic carboxylic acids is 1. The van der Waals surface area contributed by atoms with Crippen molar-refractivity contribution < 1.29 is 38.6 Å². The van der Waals surface area contributed by atoms with Crippen LogP contribution in [-0.4, -0.2) is 162 Å². The number of carbonyl (C=O) groups excluding carboxylic acids is 4. The van der Waals surface area contributed by atoms with E-state index in [1.807, 2.05) is 17.0 Å². The van der Waals surface area contributed by atoms with Gasteiger partial charge in [0.15, 0.2) is 0 Å². The number of likely N-dealkylation sites (tertiary alicyclic amines) is 2. The van der Waals surface area contributed by atoms with Gasteiger partial charge in [-0.2, -0.15) is 0 Å². The van der Waals surface area contributed by atoms with Gasteiger partial charge in [-0.1, -0.05) is 24.3 Å². The number of ether oxygens (including phenoxy) is 2. The number of carboxylic acids is 1. The summed E-state index contributed by atoms with van der Waals surface area (Å²) in [5.74, 6) is 0.719. The van der Waals surface area contributed by atoms with E-state index in [9.17, 15) is 29.1 Å². The molecule has 17 heteroatoms. The third-order valence-electron chi connectivity index (χ3n) is 17.4. The molecule has 4 N–H and O–H groups in total. The molecule has 17 nitrogen and oxygen atoms in total. The molecule has 3 aliphatic carbocycles. The molecule has 2 unspecified atom stereocenters. The van der Waals surface area contributed by atoms with Crippen molar-refractivity contribution in [1.82, 2.24) is 40.2 Å². The molecule has 4 amide bonds. The SMILES string of the molecule is CN1C(=O)CC(C(=O)NCCOC2CCC(OCCCC(=O)NC3CCC(C(=O)N4CCN(C5=CC([C@H](CC(=O)O)CN6CC[C@@H](CCc7ccc8c(n7)NCCC8)C6)CC=C5)CC4)CC3)CC2)[C@H]1c1cccnc1. The van der Waals surface area contributed by atoms with Gasteiger partial charge < -0.3 is 50.1 Å². The molecule has 4 aliphatic heterocycles. The zero-order valence-corrected chi connectivity index (χ0v) is 44.4. The number of amides is 4. The number of allylic oxidation sites excluding steroid dienone is 3. The van der Waals surface area contributed by atoms with Crippen LogP contribution < -0.4 is 16.0 Å². The average Bonchev–Trinajstić information content (AvgIpc) is 4.02. The minimum Gasteiger partial charge on any atom is -0.481 e. The fraction of sp³-hybridized carbons (Fsp3) is 0.672. The van der Waals surface area contributed by atoms with Gasteiger partial charge >= 0.3 is 5.97 Å². The van der Waals surface area contributed by atoms with Crippen LogP contribution in [-0.2, 0) is 46.3 Å². The summed E-state index contributed by atoms with van der Waals surface area (Å²) in [6.07, 6.45) is 24.9. The molecule has 0 radical (unpaired) electrons. The summed E-state index contributed by atoms with van der Waals surface area (Å²) >= 11 is 0. The van der Waals surface area contributed by atoms with Gasteiger partial charge in [-0.15, -0.1) is 0 Å². The van der Waals surface area contributed by atoms with Crippen molar-refractivity contribution in [1.29, 1.82) is 0 Å². The normalized spacial score (nSPS) is 27.6. The first kappa shape index (κ1) is 54.4. The molecule has 7 aliphatic rings. The van der Waals surface area contributed by atoms with Crippen LogP contribution in [0.3, 0.4) is 0 Å². The molecule has 3 saturated heterocycles. The largest absolute Gasteiger partial charge is 0.481 e. The molecule has 0 spiro atoms. The molecule has 2 aromatic heterocycles. The minimum atomic E-state index is -0.736. The lowest BCUT2D eigenvalue weighted by molar-refractivity contribution is -0.139. The Kier molecular flexibility index (Phi) is 19.3. The van der Waals surface area contributed by atoms with E-state index in [4.69, 9.17) is 14.5 Å². The fourth-order valence-electron chi connectivity index (χ4n) is 13.0. The van der Waals surface area contributed by atoms with Crippen LogP contribution in [0.15, 0.2) is 60.6 Å². The second kappa shape index (κ2) is 26.6. The second-order valence-corrected chi connectivity index (χ2v) is 22.6. The van der Waals surface area contributed by atoms with Crippen molar-refractivity contribution in [2.24, 2.45) is 29.6 Å². The zero-order chi connectivity index (χ0) is 52.1. The van der Waals surface area contributed by atoms with Crippen molar-refractivity contribution in [3.05, 3.63) is 77.4 Å². The summed E-state index contributed by atoms with van der Waals surface area (Å²) in [7, 11) is 1.74. The lowest BCUT2D eigenvalue weighted by Gasteiger charge is -2.40. The maximum Gasteiger partial charge on any atom is 0.303 e. The summed E-state index contributed by atoms with van der Waals surface area (Å²) in [4.78, 5) is 82.0. The molecule has 408 valence electrons. The molecule has 9 rings (SSSR count). The molecule has 75 heavy (non-hydrogen) atoms. The van der Waals surface area contributed by atoms with E-state index < -0.39 is 11.9 Å². The van der Waals surface area contributed by atoms with E-state index >= 15 is 0 Å². The monoisotopic (exact) mass is 1030 g/mol. The second-order valence-electron chi connectivity index (χ2n) is 22.6. The first-order valence-electron chi connectivity index (χ1n) is 28.6. The number of carbonyl (C=O) groups is 5. The van der Waals surface area contributed by atoms with Gasteiger partial charge in [0.25, 0.3) is 0 Å². The van der Waals surface area contributed by atoms with E-state index in [0.717, 1.165) is 152 Å². The number of carboxylic acid groups (broad SMARTS) is 1. The molecule has 5 atom stereocenters. The van der Waals surface area contributed by atoms with Crippen molar-refractivity contribution in [2.45, 2.75) is 140 Å². The molecule has 6 heterocycles. The molecule has 5 fully saturated rings. The lowest BCUT2D eigenvalue weighted by atomic mass is 9.83. The standard InChI is InChI=1S/C58H83N9O8/c1-64-53(69)36-51(55(64)44-8-3-24-59-37-44)57(72)61-26-33-75-50-21-19-49(20-22-50)74-32-5-10-52(68)62-46-17-13-42(14-18-46)58(73)67-30-28-66(29-31-67)48-9-2-6-43(34-48)45(35-54(70)71)39-65-27-23-40(38-65)11-15-47-16-12-41-7-4-25-60-56(41)63-47/h2-3,8-9,12,16,24,34,37,40,42-43,45-46,49-51,55H,4-7,10-11,13-15,17-23,25-33,35-36,38-39H2,1H3,(H,60,63)(H,61,72)(H,62,68)(H,70,71)/t40-,42?,43?,45-,46?,49?,50?,51?,55-/m1/s1. The number of rotatable bonds is 22. The Bertz CT molecular complexity index is 2310. The lowest BCUT2D eigenvalue weighted by Crippen LogP contribution is -2.50. The Morgan fingerprint density at radius 1 is 0.933 bits per heavy atom. The number of anilines is 1. The van der Waals surface area contributed by atoms with Crippen LogP contribution in [0.4, 0.5) is 5.82 Å². The van der Waals surface area contributed by atoms with Crippen molar-refractivity contribution in [3.8, 4) is 0 Å². The molecule has 0 aromatic carbocycles. The molecule has 0 bridgehead atoms. The predicted molar refractivity (Wildman–Crippen MR) is 285 cm³/mol. The van der Waals surface area contributed by atoms with Crippen LogP contribution in [0.1, 0.15) is 126 Å². The smallest absolute Gasteiger partial charge is 0.303 e. The zero-order valence-electron chi connectivity index (χ0n) is 44.4. The summed E-state index contributed by atoms with van der Waals surface area (Å²) < 4.78 is 12.3. The van der Waals surface area contributed by atoms with Gasteiger partial charge in [-0.3, -0.25) is 29.0 Å². The highest BCUT2D eigenvalue weighted by Gasteiger charge is 2.43. The first-order valence-corrected chi connectivity index (χ1v) is 28.6. The van der Waals surface area contributed by atoms with Crippen LogP contribution in [0.2, 0.25) is 0 Å².